The molecule has 0 aromatic heterocycles. The maximum Gasteiger partial charge on any atom is 0.269 e. The van der Waals surface area contributed by atoms with Crippen LogP contribution in [-0.4, -0.2) is 33.1 Å². The number of nitrogens with one attached hydrogen (secondary N) is 2. The Morgan fingerprint density at radius 1 is 0.923 bits per heavy atom. The highest BCUT2D eigenvalue weighted by molar-refractivity contribution is 6.30. The summed E-state index contributed by atoms with van der Waals surface area (Å²) in [5.74, 6) is 0.161. The maximum atomic E-state index is 12.3. The van der Waals surface area contributed by atoms with Gasteiger partial charge in [0.05, 0.1) is 27.8 Å². The molecule has 138 valence electrons. The molecule has 0 saturated carbocycles. The third-order valence-electron chi connectivity index (χ3n) is 3.52. The number of hydrogen-bond acceptors (Lipinski definition) is 5. The molecule has 2 N–H and O–H groups in total. The summed E-state index contributed by atoms with van der Waals surface area (Å²) >= 11 is 5.80. The van der Waals surface area contributed by atoms with Gasteiger partial charge in [-0.05, 0) is 29.8 Å². The number of benzene rings is 2. The number of hydrogen-bond donors (Lipinski definition) is 2. The molecule has 0 saturated heterocycles. The number of amides is 2. The molecule has 2 amide bonds. The molecule has 0 spiro atoms. The Kier molecular flexibility index (Phi) is 6.68. The number of halogens is 1. The van der Waals surface area contributed by atoms with Crippen LogP contribution in [0.15, 0.2) is 36.4 Å². The van der Waals surface area contributed by atoms with Crippen LogP contribution in [0.4, 0.5) is 0 Å². The van der Waals surface area contributed by atoms with Crippen molar-refractivity contribution in [1.82, 2.24) is 10.9 Å². The van der Waals surface area contributed by atoms with Crippen molar-refractivity contribution in [3.8, 4) is 17.2 Å². The van der Waals surface area contributed by atoms with E-state index < -0.39 is 5.91 Å². The Morgan fingerprint density at radius 2 is 1.50 bits per heavy atom. The van der Waals surface area contributed by atoms with Crippen LogP contribution in [0.2, 0.25) is 5.02 Å². The first-order chi connectivity index (χ1) is 12.5. The summed E-state index contributed by atoms with van der Waals surface area (Å²) in [5, 5.41) is 0.588. The summed E-state index contributed by atoms with van der Waals surface area (Å²) in [6.45, 7) is 0. The number of carbonyl (C=O) groups excluding carboxylic acids is 2. The molecule has 26 heavy (non-hydrogen) atoms. The Labute approximate surface area is 156 Å². The molecule has 0 aliphatic rings. The molecule has 2 aromatic rings. The Hall–Kier alpha value is -2.93. The van der Waals surface area contributed by atoms with E-state index in [1.165, 1.54) is 33.5 Å². The van der Waals surface area contributed by atoms with Crippen molar-refractivity contribution in [1.29, 1.82) is 0 Å². The van der Waals surface area contributed by atoms with Gasteiger partial charge in [-0.3, -0.25) is 20.4 Å². The number of rotatable bonds is 6. The van der Waals surface area contributed by atoms with Gasteiger partial charge in [0, 0.05) is 10.6 Å². The highest BCUT2D eigenvalue weighted by Crippen LogP contribution is 2.38. The van der Waals surface area contributed by atoms with Crippen molar-refractivity contribution >= 4 is 23.4 Å². The monoisotopic (exact) mass is 378 g/mol. The fourth-order valence-corrected chi connectivity index (χ4v) is 2.37. The quantitative estimate of drug-likeness (QED) is 0.754. The second-order valence-electron chi connectivity index (χ2n) is 5.22. The number of hydrazine groups is 1. The van der Waals surface area contributed by atoms with Crippen LogP contribution in [0.25, 0.3) is 0 Å². The zero-order valence-corrected chi connectivity index (χ0v) is 15.3. The van der Waals surface area contributed by atoms with Crippen molar-refractivity contribution in [3.05, 3.63) is 52.5 Å². The van der Waals surface area contributed by atoms with E-state index in [9.17, 15) is 9.59 Å². The second kappa shape index (κ2) is 8.96. The summed E-state index contributed by atoms with van der Waals surface area (Å²) in [6.07, 6.45) is 0.104. The van der Waals surface area contributed by atoms with Gasteiger partial charge in [-0.15, -0.1) is 0 Å². The average molecular weight is 379 g/mol. The summed E-state index contributed by atoms with van der Waals surface area (Å²) in [4.78, 5) is 24.2. The minimum atomic E-state index is -0.520. The van der Waals surface area contributed by atoms with Gasteiger partial charge in [0.1, 0.15) is 0 Å². The normalized spacial score (nSPS) is 10.0. The second-order valence-corrected chi connectivity index (χ2v) is 5.66. The minimum Gasteiger partial charge on any atom is -0.493 e. The van der Waals surface area contributed by atoms with Gasteiger partial charge in [0.25, 0.3) is 5.91 Å². The van der Waals surface area contributed by atoms with E-state index in [2.05, 4.69) is 10.9 Å². The molecule has 0 atom stereocenters. The lowest BCUT2D eigenvalue weighted by Gasteiger charge is -2.14. The summed E-state index contributed by atoms with van der Waals surface area (Å²) in [7, 11) is 4.37. The van der Waals surface area contributed by atoms with Crippen molar-refractivity contribution in [2.45, 2.75) is 6.42 Å². The topological polar surface area (TPSA) is 85.9 Å². The molecule has 0 aliphatic carbocycles. The van der Waals surface area contributed by atoms with E-state index in [0.29, 0.717) is 22.3 Å². The van der Waals surface area contributed by atoms with Crippen molar-refractivity contribution < 1.29 is 23.8 Å². The van der Waals surface area contributed by atoms with Crippen LogP contribution in [0.5, 0.6) is 17.2 Å². The van der Waals surface area contributed by atoms with Gasteiger partial charge in [0.15, 0.2) is 11.5 Å². The van der Waals surface area contributed by atoms with Crippen LogP contribution in [-0.2, 0) is 11.2 Å². The lowest BCUT2D eigenvalue weighted by atomic mass is 10.1. The molecule has 0 radical (unpaired) electrons. The first-order valence-electron chi connectivity index (χ1n) is 7.62. The molecular formula is C18H19ClN2O5. The lowest BCUT2D eigenvalue weighted by Crippen LogP contribution is -2.42. The first-order valence-corrected chi connectivity index (χ1v) is 8.00. The smallest absolute Gasteiger partial charge is 0.269 e. The molecule has 2 aromatic carbocycles. The molecule has 0 bridgehead atoms. The van der Waals surface area contributed by atoms with E-state index in [4.69, 9.17) is 25.8 Å². The van der Waals surface area contributed by atoms with E-state index in [1.807, 2.05) is 0 Å². The highest BCUT2D eigenvalue weighted by Gasteiger charge is 2.17. The average Bonchev–Trinajstić information content (AvgIpc) is 2.66. The molecule has 0 fully saturated rings. The molecule has 0 heterocycles. The number of methoxy groups -OCH3 is 3. The SMILES string of the molecule is COc1cc(C(=O)NNC(=O)Cc2ccc(Cl)cc2)cc(OC)c1OC. The number of ether oxygens (including phenoxy) is 3. The fraction of sp³-hybridized carbons (Fsp3) is 0.222. The van der Waals surface area contributed by atoms with Crippen molar-refractivity contribution in [2.24, 2.45) is 0 Å². The predicted octanol–water partition coefficient (Wildman–Crippen LogP) is 2.37. The Bertz CT molecular complexity index is 768. The third kappa shape index (κ3) is 4.80. The third-order valence-corrected chi connectivity index (χ3v) is 3.77. The maximum absolute atomic E-state index is 12.3. The summed E-state index contributed by atoms with van der Waals surface area (Å²) in [5.41, 5.74) is 5.73. The standard InChI is InChI=1S/C18H19ClN2O5/c1-24-14-9-12(10-15(25-2)17(14)26-3)18(23)21-20-16(22)8-11-4-6-13(19)7-5-11/h4-7,9-10H,8H2,1-3H3,(H,20,22)(H,21,23). The fourth-order valence-electron chi connectivity index (χ4n) is 2.24. The van der Waals surface area contributed by atoms with Crippen LogP contribution in [0, 0.1) is 0 Å². The van der Waals surface area contributed by atoms with E-state index in [1.54, 1.807) is 24.3 Å². The van der Waals surface area contributed by atoms with E-state index in [0.717, 1.165) is 5.56 Å². The zero-order valence-electron chi connectivity index (χ0n) is 14.6. The largest absolute Gasteiger partial charge is 0.493 e. The lowest BCUT2D eigenvalue weighted by molar-refractivity contribution is -0.121. The van der Waals surface area contributed by atoms with Crippen molar-refractivity contribution in [3.63, 3.8) is 0 Å². The molecule has 0 unspecified atom stereocenters. The van der Waals surface area contributed by atoms with Gasteiger partial charge in [0.2, 0.25) is 11.7 Å². The predicted molar refractivity (Wildman–Crippen MR) is 96.9 cm³/mol. The van der Waals surface area contributed by atoms with Gasteiger partial charge < -0.3 is 14.2 Å². The molecule has 0 aliphatic heterocycles. The molecule has 8 heteroatoms. The van der Waals surface area contributed by atoms with Crippen LogP contribution < -0.4 is 25.1 Å². The van der Waals surface area contributed by atoms with Gasteiger partial charge in [-0.2, -0.15) is 0 Å². The summed E-state index contributed by atoms with van der Waals surface area (Å²) in [6, 6.07) is 9.84. The molecule has 7 nitrogen and oxygen atoms in total. The molecular weight excluding hydrogens is 360 g/mol. The Balaban J connectivity index is 2.03. The minimum absolute atomic E-state index is 0.104. The van der Waals surface area contributed by atoms with Gasteiger partial charge in [-0.1, -0.05) is 23.7 Å². The van der Waals surface area contributed by atoms with Crippen LogP contribution in [0.3, 0.4) is 0 Å². The van der Waals surface area contributed by atoms with Gasteiger partial charge >= 0.3 is 0 Å². The van der Waals surface area contributed by atoms with E-state index >= 15 is 0 Å². The van der Waals surface area contributed by atoms with E-state index in [-0.39, 0.29) is 17.9 Å². The van der Waals surface area contributed by atoms with Crippen molar-refractivity contribution in [2.75, 3.05) is 21.3 Å². The van der Waals surface area contributed by atoms with Crippen LogP contribution >= 0.6 is 11.6 Å². The Morgan fingerprint density at radius 3 is 2.00 bits per heavy atom. The van der Waals surface area contributed by atoms with Crippen LogP contribution in [0.1, 0.15) is 15.9 Å². The summed E-state index contributed by atoms with van der Waals surface area (Å²) < 4.78 is 15.6. The highest BCUT2D eigenvalue weighted by atomic mass is 35.5. The van der Waals surface area contributed by atoms with Gasteiger partial charge in [-0.25, -0.2) is 0 Å². The zero-order chi connectivity index (χ0) is 19.1. The molecule has 2 rings (SSSR count). The first kappa shape index (κ1) is 19.4. The number of carbonyl (C=O) groups is 2.